The van der Waals surface area contributed by atoms with E-state index in [0.29, 0.717) is 25.7 Å². The van der Waals surface area contributed by atoms with E-state index in [-0.39, 0.29) is 18.3 Å². The molecule has 0 heterocycles. The number of aliphatic carboxylic acids is 1. The summed E-state index contributed by atoms with van der Waals surface area (Å²) in [5.74, 6) is -1.00. The molecule has 1 aliphatic carbocycles. The highest BCUT2D eigenvalue weighted by atomic mass is 16.4. The minimum atomic E-state index is -0.787. The summed E-state index contributed by atoms with van der Waals surface area (Å²) >= 11 is 0. The highest BCUT2D eigenvalue weighted by Gasteiger charge is 2.39. The molecule has 1 unspecified atom stereocenters. The van der Waals surface area contributed by atoms with E-state index < -0.39 is 24.3 Å². The number of aliphatic hydroxyl groups is 3. The fraction of sp³-hybridized carbons (Fsp3) is 0.750. The van der Waals surface area contributed by atoms with Crippen molar-refractivity contribution in [2.24, 2.45) is 11.8 Å². The Morgan fingerprint density at radius 2 is 1.92 bits per heavy atom. The van der Waals surface area contributed by atoms with Gasteiger partial charge in [0.2, 0.25) is 0 Å². The van der Waals surface area contributed by atoms with Gasteiger partial charge in [-0.3, -0.25) is 4.79 Å². The Bertz CT molecular complexity index is 432. The second-order valence-electron chi connectivity index (χ2n) is 7.05. The van der Waals surface area contributed by atoms with E-state index >= 15 is 0 Å². The maximum Gasteiger partial charge on any atom is 0.303 e. The molecule has 0 amide bonds. The van der Waals surface area contributed by atoms with Gasteiger partial charge in [-0.1, -0.05) is 50.5 Å². The first-order valence-corrected chi connectivity index (χ1v) is 9.55. The zero-order chi connectivity index (χ0) is 18.7. The second-order valence-corrected chi connectivity index (χ2v) is 7.05. The Morgan fingerprint density at radius 1 is 1.16 bits per heavy atom. The third kappa shape index (κ3) is 8.66. The van der Waals surface area contributed by atoms with Gasteiger partial charge < -0.3 is 20.4 Å². The normalized spacial score (nSPS) is 28.2. The fourth-order valence-corrected chi connectivity index (χ4v) is 3.41. The van der Waals surface area contributed by atoms with Gasteiger partial charge in [0.25, 0.3) is 0 Å². The van der Waals surface area contributed by atoms with Crippen molar-refractivity contribution in [1.82, 2.24) is 0 Å². The summed E-state index contributed by atoms with van der Waals surface area (Å²) in [6.45, 7) is 2.12. The standard InChI is InChI=1S/C20H34O5/c1-2-3-6-9-15(21)12-13-17-16(18(22)14-19(17)23)10-7-4-5-8-11-20(24)25/h4,7,12-13,15-19,21-23H,2-3,5-6,8-11,14H2,1H3,(H,24,25)/b7-4+,13-12+/t15?,16-,17-,18-,19+/m1/s1. The Morgan fingerprint density at radius 3 is 2.60 bits per heavy atom. The second kappa shape index (κ2) is 12.2. The molecule has 0 spiro atoms. The number of unbranched alkanes of at least 4 members (excludes halogenated alkanes) is 3. The topological polar surface area (TPSA) is 98.0 Å². The summed E-state index contributed by atoms with van der Waals surface area (Å²) in [7, 11) is 0. The number of carbonyl (C=O) groups is 1. The fourth-order valence-electron chi connectivity index (χ4n) is 3.41. The summed E-state index contributed by atoms with van der Waals surface area (Å²) in [5, 5.41) is 39.0. The molecule has 144 valence electrons. The lowest BCUT2D eigenvalue weighted by Gasteiger charge is -2.19. The van der Waals surface area contributed by atoms with Gasteiger partial charge in [0.15, 0.2) is 0 Å². The largest absolute Gasteiger partial charge is 0.481 e. The van der Waals surface area contributed by atoms with E-state index in [2.05, 4.69) is 6.92 Å². The quantitative estimate of drug-likeness (QED) is 0.319. The third-order valence-electron chi connectivity index (χ3n) is 4.91. The van der Waals surface area contributed by atoms with Crippen molar-refractivity contribution in [3.63, 3.8) is 0 Å². The van der Waals surface area contributed by atoms with Gasteiger partial charge in [0.1, 0.15) is 0 Å². The van der Waals surface area contributed by atoms with Crippen LogP contribution in [0.2, 0.25) is 0 Å². The Balaban J connectivity index is 2.46. The van der Waals surface area contributed by atoms with Crippen LogP contribution in [0.5, 0.6) is 0 Å². The van der Waals surface area contributed by atoms with Crippen molar-refractivity contribution in [3.8, 4) is 0 Å². The first kappa shape index (κ1) is 21.9. The highest BCUT2D eigenvalue weighted by Crippen LogP contribution is 2.36. The molecule has 1 saturated carbocycles. The number of carboxylic acid groups (broad SMARTS) is 1. The Hall–Kier alpha value is -1.17. The van der Waals surface area contributed by atoms with E-state index in [9.17, 15) is 20.1 Å². The summed E-state index contributed by atoms with van der Waals surface area (Å²) < 4.78 is 0. The predicted molar refractivity (Wildman–Crippen MR) is 98.1 cm³/mol. The molecule has 1 aliphatic rings. The van der Waals surface area contributed by atoms with Crippen LogP contribution in [0.3, 0.4) is 0 Å². The van der Waals surface area contributed by atoms with Gasteiger partial charge in [-0.15, -0.1) is 0 Å². The SMILES string of the molecule is CCCCCC(O)/C=C/[C@@H]1[C@@H](C/C=C/CCCC(=O)O)[C@H](O)C[C@@H]1O. The first-order valence-electron chi connectivity index (χ1n) is 9.55. The maximum atomic E-state index is 10.5. The van der Waals surface area contributed by atoms with Gasteiger partial charge >= 0.3 is 5.97 Å². The average molecular weight is 354 g/mol. The van der Waals surface area contributed by atoms with Gasteiger partial charge in [-0.25, -0.2) is 0 Å². The molecule has 5 atom stereocenters. The summed E-state index contributed by atoms with van der Waals surface area (Å²) in [5.41, 5.74) is 0. The first-order chi connectivity index (χ1) is 12.0. The monoisotopic (exact) mass is 354 g/mol. The van der Waals surface area contributed by atoms with Gasteiger partial charge in [0.05, 0.1) is 18.3 Å². The molecule has 0 saturated heterocycles. The number of carboxylic acids is 1. The van der Waals surface area contributed by atoms with Gasteiger partial charge in [-0.05, 0) is 31.6 Å². The van der Waals surface area contributed by atoms with Crippen LogP contribution in [-0.4, -0.2) is 44.7 Å². The number of hydrogen-bond donors (Lipinski definition) is 4. The molecular weight excluding hydrogens is 320 g/mol. The Labute approximate surface area is 151 Å². The zero-order valence-electron chi connectivity index (χ0n) is 15.3. The lowest BCUT2D eigenvalue weighted by molar-refractivity contribution is -0.137. The van der Waals surface area contributed by atoms with Gasteiger partial charge in [-0.2, -0.15) is 0 Å². The van der Waals surface area contributed by atoms with Crippen LogP contribution in [0.4, 0.5) is 0 Å². The number of aliphatic hydroxyl groups excluding tert-OH is 3. The minimum Gasteiger partial charge on any atom is -0.481 e. The molecule has 5 heteroatoms. The highest BCUT2D eigenvalue weighted by molar-refractivity contribution is 5.66. The van der Waals surface area contributed by atoms with Crippen molar-refractivity contribution in [3.05, 3.63) is 24.3 Å². The molecule has 0 bridgehead atoms. The smallest absolute Gasteiger partial charge is 0.303 e. The molecule has 25 heavy (non-hydrogen) atoms. The van der Waals surface area contributed by atoms with Crippen LogP contribution >= 0.6 is 0 Å². The summed E-state index contributed by atoms with van der Waals surface area (Å²) in [4.78, 5) is 10.5. The van der Waals surface area contributed by atoms with Crippen LogP contribution in [0.1, 0.15) is 64.7 Å². The summed E-state index contributed by atoms with van der Waals surface area (Å²) in [6.07, 6.45) is 12.3. The molecule has 5 nitrogen and oxygen atoms in total. The lowest BCUT2D eigenvalue weighted by Crippen LogP contribution is -2.20. The van der Waals surface area contributed by atoms with E-state index in [1.807, 2.05) is 18.2 Å². The van der Waals surface area contributed by atoms with Crippen LogP contribution in [0, 0.1) is 11.8 Å². The Kier molecular flexibility index (Phi) is 10.7. The van der Waals surface area contributed by atoms with Gasteiger partial charge in [0, 0.05) is 18.8 Å². The third-order valence-corrected chi connectivity index (χ3v) is 4.91. The van der Waals surface area contributed by atoms with Crippen LogP contribution in [0.15, 0.2) is 24.3 Å². The van der Waals surface area contributed by atoms with E-state index in [1.54, 1.807) is 6.08 Å². The molecule has 0 radical (unpaired) electrons. The van der Waals surface area contributed by atoms with E-state index in [1.165, 1.54) is 0 Å². The molecule has 0 aromatic heterocycles. The molecule has 0 aromatic rings. The van der Waals surface area contributed by atoms with Crippen molar-refractivity contribution >= 4 is 5.97 Å². The van der Waals surface area contributed by atoms with Crippen molar-refractivity contribution in [2.75, 3.05) is 0 Å². The molecular formula is C20H34O5. The van der Waals surface area contributed by atoms with Crippen molar-refractivity contribution in [2.45, 2.75) is 83.0 Å². The number of rotatable bonds is 12. The predicted octanol–water partition coefficient (Wildman–Crippen LogP) is 3.04. The van der Waals surface area contributed by atoms with Crippen molar-refractivity contribution in [1.29, 1.82) is 0 Å². The van der Waals surface area contributed by atoms with E-state index in [4.69, 9.17) is 5.11 Å². The number of allylic oxidation sites excluding steroid dienone is 2. The minimum absolute atomic E-state index is 0.0650. The maximum absolute atomic E-state index is 10.5. The molecule has 0 aliphatic heterocycles. The molecule has 0 aromatic carbocycles. The van der Waals surface area contributed by atoms with Crippen molar-refractivity contribution < 1.29 is 25.2 Å². The summed E-state index contributed by atoms with van der Waals surface area (Å²) in [6, 6.07) is 0. The van der Waals surface area contributed by atoms with Crippen LogP contribution < -0.4 is 0 Å². The molecule has 1 fully saturated rings. The zero-order valence-corrected chi connectivity index (χ0v) is 15.3. The lowest BCUT2D eigenvalue weighted by atomic mass is 9.89. The average Bonchev–Trinajstić information content (AvgIpc) is 2.82. The van der Waals surface area contributed by atoms with Crippen LogP contribution in [0.25, 0.3) is 0 Å². The molecule has 4 N–H and O–H groups in total. The molecule has 1 rings (SSSR count). The number of hydrogen-bond acceptors (Lipinski definition) is 4. The van der Waals surface area contributed by atoms with Crippen LogP contribution in [-0.2, 0) is 4.79 Å². The van der Waals surface area contributed by atoms with E-state index in [0.717, 1.165) is 25.7 Å².